The summed E-state index contributed by atoms with van der Waals surface area (Å²) in [6, 6.07) is 0. The van der Waals surface area contributed by atoms with E-state index in [1.54, 1.807) is 0 Å². The SMILES string of the molecule is NC(=O)C1=CNC(C(F)(F)F)O1. The zero-order valence-corrected chi connectivity index (χ0v) is 5.68. The summed E-state index contributed by atoms with van der Waals surface area (Å²) in [5.41, 5.74) is 4.66. The fourth-order valence-corrected chi connectivity index (χ4v) is 0.637. The molecule has 12 heavy (non-hydrogen) atoms. The Morgan fingerprint density at radius 3 is 2.50 bits per heavy atom. The van der Waals surface area contributed by atoms with E-state index >= 15 is 0 Å². The van der Waals surface area contributed by atoms with Crippen molar-refractivity contribution in [3.8, 4) is 0 Å². The molecule has 1 rings (SSSR count). The van der Waals surface area contributed by atoms with Gasteiger partial charge in [-0.3, -0.25) is 4.79 Å². The number of rotatable bonds is 1. The van der Waals surface area contributed by atoms with Crippen LogP contribution in [0.4, 0.5) is 13.2 Å². The van der Waals surface area contributed by atoms with Crippen LogP contribution in [0.3, 0.4) is 0 Å². The smallest absolute Gasteiger partial charge is 0.445 e. The lowest BCUT2D eigenvalue weighted by molar-refractivity contribution is -0.209. The number of hydrogen-bond donors (Lipinski definition) is 2. The molecule has 7 heteroatoms. The molecule has 4 nitrogen and oxygen atoms in total. The molecule has 0 spiro atoms. The first-order valence-electron chi connectivity index (χ1n) is 2.90. The first-order chi connectivity index (χ1) is 5.41. The number of amides is 1. The number of nitrogens with two attached hydrogens (primary N) is 1. The van der Waals surface area contributed by atoms with Crippen molar-refractivity contribution in [1.29, 1.82) is 0 Å². The molecule has 0 saturated heterocycles. The quantitative estimate of drug-likeness (QED) is 0.591. The zero-order valence-electron chi connectivity index (χ0n) is 5.68. The van der Waals surface area contributed by atoms with Crippen LogP contribution in [0.1, 0.15) is 0 Å². The average molecular weight is 182 g/mol. The Morgan fingerprint density at radius 1 is 1.67 bits per heavy atom. The number of ether oxygens (including phenoxy) is 1. The van der Waals surface area contributed by atoms with Crippen LogP contribution >= 0.6 is 0 Å². The highest BCUT2D eigenvalue weighted by atomic mass is 19.4. The highest BCUT2D eigenvalue weighted by Crippen LogP contribution is 2.25. The van der Waals surface area contributed by atoms with Gasteiger partial charge in [0.15, 0.2) is 0 Å². The van der Waals surface area contributed by atoms with Crippen molar-refractivity contribution in [2.24, 2.45) is 5.73 Å². The summed E-state index contributed by atoms with van der Waals surface area (Å²) >= 11 is 0. The van der Waals surface area contributed by atoms with Crippen LogP contribution in [0.15, 0.2) is 12.0 Å². The molecule has 1 amide bonds. The van der Waals surface area contributed by atoms with Crippen LogP contribution in [0.5, 0.6) is 0 Å². The third-order valence-corrected chi connectivity index (χ3v) is 1.15. The lowest BCUT2D eigenvalue weighted by atomic mass is 10.5. The van der Waals surface area contributed by atoms with Gasteiger partial charge in [0.25, 0.3) is 12.1 Å². The molecule has 0 bridgehead atoms. The van der Waals surface area contributed by atoms with Gasteiger partial charge in [-0.05, 0) is 0 Å². The molecule has 1 heterocycles. The van der Waals surface area contributed by atoms with Crippen molar-refractivity contribution in [1.82, 2.24) is 5.32 Å². The monoisotopic (exact) mass is 182 g/mol. The van der Waals surface area contributed by atoms with Crippen molar-refractivity contribution in [3.05, 3.63) is 12.0 Å². The number of carbonyl (C=O) groups is 1. The summed E-state index contributed by atoms with van der Waals surface area (Å²) in [4.78, 5) is 10.3. The fraction of sp³-hybridized carbons (Fsp3) is 0.400. The van der Waals surface area contributed by atoms with E-state index in [1.165, 1.54) is 0 Å². The molecular formula is C5H5F3N2O2. The van der Waals surface area contributed by atoms with Gasteiger partial charge in [-0.2, -0.15) is 13.2 Å². The maximum Gasteiger partial charge on any atom is 0.445 e. The van der Waals surface area contributed by atoms with Crippen LogP contribution in [0, 0.1) is 0 Å². The van der Waals surface area contributed by atoms with E-state index in [2.05, 4.69) is 10.5 Å². The van der Waals surface area contributed by atoms with Crippen LogP contribution in [0.25, 0.3) is 0 Å². The van der Waals surface area contributed by atoms with Crippen molar-refractivity contribution in [2.75, 3.05) is 0 Å². The van der Waals surface area contributed by atoms with E-state index < -0.39 is 24.1 Å². The summed E-state index contributed by atoms with van der Waals surface area (Å²) in [6.45, 7) is 0. The van der Waals surface area contributed by atoms with Crippen LogP contribution in [0.2, 0.25) is 0 Å². The second-order valence-electron chi connectivity index (χ2n) is 2.08. The van der Waals surface area contributed by atoms with Crippen LogP contribution < -0.4 is 11.1 Å². The molecule has 0 aromatic rings. The number of primary amides is 1. The second-order valence-corrected chi connectivity index (χ2v) is 2.08. The van der Waals surface area contributed by atoms with E-state index in [0.717, 1.165) is 6.20 Å². The molecule has 0 radical (unpaired) electrons. The second kappa shape index (κ2) is 2.58. The summed E-state index contributed by atoms with van der Waals surface area (Å²) in [7, 11) is 0. The minimum Gasteiger partial charge on any atom is -0.454 e. The molecule has 3 N–H and O–H groups in total. The summed E-state index contributed by atoms with van der Waals surface area (Å²) < 4.78 is 39.6. The van der Waals surface area contributed by atoms with E-state index in [1.807, 2.05) is 5.32 Å². The Balaban J connectivity index is 2.59. The molecular weight excluding hydrogens is 177 g/mol. The van der Waals surface area contributed by atoms with Crippen molar-refractivity contribution in [3.63, 3.8) is 0 Å². The lowest BCUT2D eigenvalue weighted by Crippen LogP contribution is -2.38. The largest absolute Gasteiger partial charge is 0.454 e. The Labute approximate surface area is 65.2 Å². The van der Waals surface area contributed by atoms with Gasteiger partial charge in [0.1, 0.15) is 0 Å². The number of carbonyl (C=O) groups excluding carboxylic acids is 1. The van der Waals surface area contributed by atoms with Gasteiger partial charge in [-0.25, -0.2) is 0 Å². The predicted molar refractivity (Wildman–Crippen MR) is 31.3 cm³/mol. The minimum absolute atomic E-state index is 0.516. The van der Waals surface area contributed by atoms with Gasteiger partial charge in [0, 0.05) is 6.20 Å². The lowest BCUT2D eigenvalue weighted by Gasteiger charge is -2.14. The van der Waals surface area contributed by atoms with E-state index in [9.17, 15) is 18.0 Å². The van der Waals surface area contributed by atoms with Crippen LogP contribution in [-0.4, -0.2) is 18.3 Å². The fourth-order valence-electron chi connectivity index (χ4n) is 0.637. The molecule has 0 aromatic heterocycles. The maximum absolute atomic E-state index is 11.8. The van der Waals surface area contributed by atoms with Crippen molar-refractivity contribution in [2.45, 2.75) is 12.4 Å². The van der Waals surface area contributed by atoms with Crippen molar-refractivity contribution >= 4 is 5.91 Å². The first kappa shape index (κ1) is 8.69. The molecule has 1 unspecified atom stereocenters. The molecule has 1 aliphatic rings. The Bertz CT molecular complexity index is 235. The van der Waals surface area contributed by atoms with Crippen LogP contribution in [-0.2, 0) is 9.53 Å². The first-order valence-corrected chi connectivity index (χ1v) is 2.90. The molecule has 0 fully saturated rings. The highest BCUT2D eigenvalue weighted by Gasteiger charge is 2.44. The number of nitrogens with one attached hydrogen (secondary N) is 1. The standard InChI is InChI=1S/C5H5F3N2O2/c6-5(7,8)4-10-1-2(12-4)3(9)11/h1,4,10H,(H2,9,11). The topological polar surface area (TPSA) is 64.4 Å². The maximum atomic E-state index is 11.8. The number of halogens is 3. The molecule has 0 aliphatic carbocycles. The Kier molecular flexibility index (Phi) is 1.87. The highest BCUT2D eigenvalue weighted by molar-refractivity contribution is 5.90. The van der Waals surface area contributed by atoms with Gasteiger partial charge in [0.05, 0.1) is 0 Å². The summed E-state index contributed by atoms with van der Waals surface area (Å²) in [5, 5.41) is 1.82. The predicted octanol–water partition coefficient (Wildman–Crippen LogP) is -0.179. The van der Waals surface area contributed by atoms with Gasteiger partial charge in [-0.15, -0.1) is 0 Å². The normalized spacial score (nSPS) is 22.6. The van der Waals surface area contributed by atoms with Gasteiger partial charge >= 0.3 is 6.18 Å². The summed E-state index contributed by atoms with van der Waals surface area (Å²) in [5.74, 6) is -1.55. The number of alkyl halides is 3. The molecule has 68 valence electrons. The third-order valence-electron chi connectivity index (χ3n) is 1.15. The number of hydrogen-bond acceptors (Lipinski definition) is 3. The Hall–Kier alpha value is -1.40. The summed E-state index contributed by atoms with van der Waals surface area (Å²) in [6.07, 6.45) is -5.92. The van der Waals surface area contributed by atoms with E-state index in [-0.39, 0.29) is 0 Å². The van der Waals surface area contributed by atoms with Gasteiger partial charge in [-0.1, -0.05) is 0 Å². The molecule has 1 atom stereocenters. The molecule has 0 aromatic carbocycles. The minimum atomic E-state index is -4.55. The van der Waals surface area contributed by atoms with Gasteiger partial charge < -0.3 is 15.8 Å². The third kappa shape index (κ3) is 1.60. The average Bonchev–Trinajstić information content (AvgIpc) is 2.30. The Morgan fingerprint density at radius 2 is 2.25 bits per heavy atom. The van der Waals surface area contributed by atoms with E-state index in [0.29, 0.717) is 0 Å². The zero-order chi connectivity index (χ0) is 9.35. The van der Waals surface area contributed by atoms with E-state index in [4.69, 9.17) is 0 Å². The van der Waals surface area contributed by atoms with Gasteiger partial charge in [0.2, 0.25) is 5.76 Å². The molecule has 1 aliphatic heterocycles. The van der Waals surface area contributed by atoms with Crippen molar-refractivity contribution < 1.29 is 22.7 Å². The molecule has 0 saturated carbocycles.